The minimum absolute atomic E-state index is 0.00454. The monoisotopic (exact) mass is 389 g/mol. The van der Waals surface area contributed by atoms with Gasteiger partial charge in [0.15, 0.2) is 5.16 Å². The standard InChI is InChI=1S/C17H27N9S/c1-11(13-19-14(18)21-15(20-13)24(2)3)27-17-23-22-16(26(17)12-7-8-12)25-9-5-4-6-10-25/h11-12H,4-10H2,1-3H3,(H2,18,19,20,21)/t11-/m0/s1. The van der Waals surface area contributed by atoms with Gasteiger partial charge in [0, 0.05) is 33.2 Å². The van der Waals surface area contributed by atoms with Crippen molar-refractivity contribution in [1.29, 1.82) is 0 Å². The first-order chi connectivity index (χ1) is 13.0. The van der Waals surface area contributed by atoms with Crippen LogP contribution in [0.4, 0.5) is 17.8 Å². The van der Waals surface area contributed by atoms with Gasteiger partial charge in [0.25, 0.3) is 0 Å². The van der Waals surface area contributed by atoms with Crippen LogP contribution in [-0.4, -0.2) is 56.9 Å². The largest absolute Gasteiger partial charge is 0.368 e. The molecule has 0 spiro atoms. The molecule has 2 N–H and O–H groups in total. The molecule has 0 amide bonds. The van der Waals surface area contributed by atoms with E-state index in [0.29, 0.717) is 17.8 Å². The van der Waals surface area contributed by atoms with Crippen molar-refractivity contribution in [2.75, 3.05) is 42.7 Å². The molecule has 2 aromatic rings. The number of rotatable bonds is 6. The predicted molar refractivity (Wildman–Crippen MR) is 107 cm³/mol. The quantitative estimate of drug-likeness (QED) is 0.745. The molecule has 3 heterocycles. The highest BCUT2D eigenvalue weighted by Crippen LogP contribution is 2.43. The van der Waals surface area contributed by atoms with Crippen LogP contribution in [0, 0.1) is 0 Å². The SMILES string of the molecule is C[C@H](Sc1nnc(N2CCCCC2)n1C1CC1)c1nc(N)nc(N(C)C)n1. The van der Waals surface area contributed by atoms with Gasteiger partial charge in [0.05, 0.1) is 5.25 Å². The second kappa shape index (κ2) is 7.49. The van der Waals surface area contributed by atoms with Crippen LogP contribution in [0.3, 0.4) is 0 Å². The van der Waals surface area contributed by atoms with E-state index < -0.39 is 0 Å². The van der Waals surface area contributed by atoms with Gasteiger partial charge in [0.2, 0.25) is 17.8 Å². The lowest BCUT2D eigenvalue weighted by Gasteiger charge is -2.28. The van der Waals surface area contributed by atoms with Crippen molar-refractivity contribution in [3.8, 4) is 0 Å². The number of nitrogens with two attached hydrogens (primary N) is 1. The molecular weight excluding hydrogens is 362 g/mol. The van der Waals surface area contributed by atoms with E-state index in [-0.39, 0.29) is 11.2 Å². The number of thioether (sulfide) groups is 1. The second-order valence-corrected chi connectivity index (χ2v) is 8.75. The summed E-state index contributed by atoms with van der Waals surface area (Å²) in [6.07, 6.45) is 6.16. The Kier molecular flexibility index (Phi) is 5.07. The molecule has 2 aliphatic rings. The maximum Gasteiger partial charge on any atom is 0.229 e. The number of anilines is 3. The summed E-state index contributed by atoms with van der Waals surface area (Å²) in [5.74, 6) is 2.51. The van der Waals surface area contributed by atoms with E-state index in [1.807, 2.05) is 19.0 Å². The fourth-order valence-electron chi connectivity index (χ4n) is 3.30. The Bertz CT molecular complexity index is 796. The van der Waals surface area contributed by atoms with Crippen LogP contribution in [0.25, 0.3) is 0 Å². The summed E-state index contributed by atoms with van der Waals surface area (Å²) < 4.78 is 2.32. The molecule has 0 radical (unpaired) electrons. The smallest absolute Gasteiger partial charge is 0.229 e. The van der Waals surface area contributed by atoms with Gasteiger partial charge >= 0.3 is 0 Å². The number of nitrogens with zero attached hydrogens (tertiary/aromatic N) is 8. The van der Waals surface area contributed by atoms with Crippen molar-refractivity contribution < 1.29 is 0 Å². The maximum atomic E-state index is 5.88. The number of nitrogen functional groups attached to an aromatic ring is 1. The van der Waals surface area contributed by atoms with Gasteiger partial charge in [-0.25, -0.2) is 0 Å². The van der Waals surface area contributed by atoms with Crippen LogP contribution >= 0.6 is 11.8 Å². The third kappa shape index (κ3) is 3.95. The van der Waals surface area contributed by atoms with Crippen LogP contribution < -0.4 is 15.5 Å². The molecule has 10 heteroatoms. The second-order valence-electron chi connectivity index (χ2n) is 7.44. The molecular formula is C17H27N9S. The lowest BCUT2D eigenvalue weighted by Crippen LogP contribution is -2.31. The molecule has 4 rings (SSSR count). The minimum Gasteiger partial charge on any atom is -0.368 e. The normalized spacial score (nSPS) is 18.6. The molecule has 0 unspecified atom stereocenters. The molecule has 1 saturated heterocycles. The molecule has 9 nitrogen and oxygen atoms in total. The molecule has 0 bridgehead atoms. The van der Waals surface area contributed by atoms with E-state index in [2.05, 4.69) is 41.5 Å². The lowest BCUT2D eigenvalue weighted by atomic mass is 10.1. The lowest BCUT2D eigenvalue weighted by molar-refractivity contribution is 0.548. The highest BCUT2D eigenvalue weighted by molar-refractivity contribution is 7.99. The highest BCUT2D eigenvalue weighted by atomic mass is 32.2. The van der Waals surface area contributed by atoms with Gasteiger partial charge in [-0.1, -0.05) is 11.8 Å². The van der Waals surface area contributed by atoms with Gasteiger partial charge in [-0.2, -0.15) is 15.0 Å². The average molecular weight is 390 g/mol. The Morgan fingerprint density at radius 1 is 1.07 bits per heavy atom. The molecule has 1 atom stereocenters. The summed E-state index contributed by atoms with van der Waals surface area (Å²) in [6.45, 7) is 4.22. The van der Waals surface area contributed by atoms with E-state index in [4.69, 9.17) is 5.73 Å². The Morgan fingerprint density at radius 3 is 2.48 bits per heavy atom. The molecule has 2 fully saturated rings. The van der Waals surface area contributed by atoms with E-state index >= 15 is 0 Å². The summed E-state index contributed by atoms with van der Waals surface area (Å²) in [7, 11) is 3.79. The van der Waals surface area contributed by atoms with Gasteiger partial charge < -0.3 is 15.5 Å². The Morgan fingerprint density at radius 2 is 1.81 bits per heavy atom. The van der Waals surface area contributed by atoms with Crippen LogP contribution in [-0.2, 0) is 0 Å². The van der Waals surface area contributed by atoms with Crippen molar-refractivity contribution >= 4 is 29.6 Å². The zero-order chi connectivity index (χ0) is 19.0. The zero-order valence-electron chi connectivity index (χ0n) is 16.2. The molecule has 146 valence electrons. The third-order valence-electron chi connectivity index (χ3n) is 4.90. The van der Waals surface area contributed by atoms with E-state index in [1.165, 1.54) is 32.1 Å². The highest BCUT2D eigenvalue weighted by Gasteiger charge is 2.33. The number of piperidine rings is 1. The van der Waals surface area contributed by atoms with Crippen LogP contribution in [0.1, 0.15) is 56.1 Å². The van der Waals surface area contributed by atoms with E-state index in [9.17, 15) is 0 Å². The van der Waals surface area contributed by atoms with Crippen LogP contribution in [0.5, 0.6) is 0 Å². The summed E-state index contributed by atoms with van der Waals surface area (Å²) in [5, 5.41) is 10.0. The van der Waals surface area contributed by atoms with Crippen LogP contribution in [0.15, 0.2) is 5.16 Å². The van der Waals surface area contributed by atoms with Gasteiger partial charge in [-0.15, -0.1) is 10.2 Å². The van der Waals surface area contributed by atoms with Gasteiger partial charge in [0.1, 0.15) is 5.82 Å². The van der Waals surface area contributed by atoms with Crippen molar-refractivity contribution in [1.82, 2.24) is 29.7 Å². The molecule has 27 heavy (non-hydrogen) atoms. The first-order valence-corrected chi connectivity index (χ1v) is 10.5. The third-order valence-corrected chi connectivity index (χ3v) is 5.95. The van der Waals surface area contributed by atoms with Crippen molar-refractivity contribution in [2.45, 2.75) is 55.5 Å². The summed E-state index contributed by atoms with van der Waals surface area (Å²) in [4.78, 5) is 17.3. The molecule has 1 aliphatic carbocycles. The number of aromatic nitrogens is 6. The van der Waals surface area contributed by atoms with E-state index in [0.717, 1.165) is 24.2 Å². The first-order valence-electron chi connectivity index (χ1n) is 9.58. The van der Waals surface area contributed by atoms with Crippen molar-refractivity contribution in [3.05, 3.63) is 5.82 Å². The Labute approximate surface area is 163 Å². The first kappa shape index (κ1) is 18.3. The molecule has 1 saturated carbocycles. The Hall–Kier alpha value is -2.10. The fourth-order valence-corrected chi connectivity index (χ4v) is 4.26. The van der Waals surface area contributed by atoms with E-state index in [1.54, 1.807) is 11.8 Å². The summed E-state index contributed by atoms with van der Waals surface area (Å²) in [5.41, 5.74) is 5.88. The summed E-state index contributed by atoms with van der Waals surface area (Å²) >= 11 is 1.64. The summed E-state index contributed by atoms with van der Waals surface area (Å²) in [6, 6.07) is 0.521. The topological polar surface area (TPSA) is 102 Å². The van der Waals surface area contributed by atoms with Gasteiger partial charge in [-0.3, -0.25) is 4.57 Å². The van der Waals surface area contributed by atoms with Crippen molar-refractivity contribution in [3.63, 3.8) is 0 Å². The number of hydrogen-bond acceptors (Lipinski definition) is 9. The number of hydrogen-bond donors (Lipinski definition) is 1. The predicted octanol–water partition coefficient (Wildman–Crippen LogP) is 2.29. The van der Waals surface area contributed by atoms with Crippen molar-refractivity contribution in [2.24, 2.45) is 0 Å². The molecule has 1 aliphatic heterocycles. The minimum atomic E-state index is 0.00454. The maximum absolute atomic E-state index is 5.88. The van der Waals surface area contributed by atoms with Gasteiger partial charge in [-0.05, 0) is 39.0 Å². The molecule has 0 aromatic carbocycles. The fraction of sp³-hybridized carbons (Fsp3) is 0.706. The zero-order valence-corrected chi connectivity index (χ0v) is 17.0. The average Bonchev–Trinajstić information content (AvgIpc) is 3.42. The Balaban J connectivity index is 1.58. The van der Waals surface area contributed by atoms with Crippen LogP contribution in [0.2, 0.25) is 0 Å². The molecule has 2 aromatic heterocycles.